The van der Waals surface area contributed by atoms with Crippen LogP contribution in [0.1, 0.15) is 67.1 Å². The fourth-order valence-corrected chi connectivity index (χ4v) is 5.72. The van der Waals surface area contributed by atoms with Gasteiger partial charge in [0.1, 0.15) is 5.82 Å². The van der Waals surface area contributed by atoms with Crippen molar-refractivity contribution in [3.05, 3.63) is 102 Å². The van der Waals surface area contributed by atoms with Crippen LogP contribution in [0.2, 0.25) is 0 Å². The van der Waals surface area contributed by atoms with Gasteiger partial charge in [-0.05, 0) is 84.7 Å². The van der Waals surface area contributed by atoms with Crippen molar-refractivity contribution in [1.29, 1.82) is 0 Å². The van der Waals surface area contributed by atoms with Gasteiger partial charge in [-0.15, -0.1) is 0 Å². The summed E-state index contributed by atoms with van der Waals surface area (Å²) in [4.78, 5) is 25.3. The average molecular weight is 617 g/mol. The van der Waals surface area contributed by atoms with E-state index >= 15 is 0 Å². The number of rotatable bonds is 15. The number of aryl methyl sites for hydroxylation is 1. The standard InChI is InChI=1S/C36H41FN2O6/c1-23(2)34-33(36(45)38-28-16-10-24(11-17-28)7-6-20-40)32(25-8-4-3-5-9-25)35(26-12-14-27(37)15-13-26)39(34)19-18-29(41)21-30(42)22-31(43)44/h3-5,8-17,23,29-30,40-42H,6-7,18-22H2,1-2H3,(H,38,45)(H,43,44)/t29-,30-/m1/s1. The summed E-state index contributed by atoms with van der Waals surface area (Å²) in [6, 6.07) is 23.1. The minimum Gasteiger partial charge on any atom is -0.481 e. The number of carboxylic acids is 1. The minimum atomic E-state index is -1.19. The van der Waals surface area contributed by atoms with Gasteiger partial charge in [0.05, 0.1) is 29.9 Å². The summed E-state index contributed by atoms with van der Waals surface area (Å²) < 4.78 is 16.1. The average Bonchev–Trinajstić information content (AvgIpc) is 3.35. The maximum atomic E-state index is 14.3. The quantitative estimate of drug-likeness (QED) is 0.107. The molecule has 45 heavy (non-hydrogen) atoms. The van der Waals surface area contributed by atoms with E-state index in [0.29, 0.717) is 34.5 Å². The van der Waals surface area contributed by atoms with Crippen molar-refractivity contribution in [3.8, 4) is 22.4 Å². The van der Waals surface area contributed by atoms with Crippen LogP contribution in [-0.2, 0) is 17.8 Å². The van der Waals surface area contributed by atoms with E-state index in [1.807, 2.05) is 73.0 Å². The zero-order valence-corrected chi connectivity index (χ0v) is 25.6. The molecule has 9 heteroatoms. The summed E-state index contributed by atoms with van der Waals surface area (Å²) in [5.74, 6) is -2.01. The second kappa shape index (κ2) is 15.6. The van der Waals surface area contributed by atoms with Crippen molar-refractivity contribution in [2.75, 3.05) is 11.9 Å². The molecule has 0 saturated carbocycles. The van der Waals surface area contributed by atoms with Crippen LogP contribution in [0.5, 0.6) is 0 Å². The topological polar surface area (TPSA) is 132 Å². The smallest absolute Gasteiger partial charge is 0.305 e. The lowest BCUT2D eigenvalue weighted by Gasteiger charge is -2.20. The number of nitrogens with one attached hydrogen (secondary N) is 1. The Labute approximate surface area is 262 Å². The van der Waals surface area contributed by atoms with Crippen LogP contribution < -0.4 is 5.32 Å². The van der Waals surface area contributed by atoms with Crippen molar-refractivity contribution < 1.29 is 34.4 Å². The summed E-state index contributed by atoms with van der Waals surface area (Å²) in [7, 11) is 0. The van der Waals surface area contributed by atoms with Crippen LogP contribution >= 0.6 is 0 Å². The van der Waals surface area contributed by atoms with E-state index in [9.17, 15) is 24.2 Å². The monoisotopic (exact) mass is 616 g/mol. The lowest BCUT2D eigenvalue weighted by Crippen LogP contribution is -2.22. The summed E-state index contributed by atoms with van der Waals surface area (Å²) >= 11 is 0. The number of halogens is 1. The maximum Gasteiger partial charge on any atom is 0.305 e. The van der Waals surface area contributed by atoms with Crippen molar-refractivity contribution in [3.63, 3.8) is 0 Å². The van der Waals surface area contributed by atoms with Gasteiger partial charge in [0.15, 0.2) is 0 Å². The Kier molecular flexibility index (Phi) is 11.6. The third-order valence-corrected chi connectivity index (χ3v) is 7.73. The zero-order valence-electron chi connectivity index (χ0n) is 25.6. The number of benzene rings is 3. The lowest BCUT2D eigenvalue weighted by atomic mass is 9.94. The predicted molar refractivity (Wildman–Crippen MR) is 173 cm³/mol. The number of nitrogens with zero attached hydrogens (tertiary/aromatic N) is 1. The first-order chi connectivity index (χ1) is 21.6. The van der Waals surface area contributed by atoms with E-state index in [4.69, 9.17) is 10.2 Å². The van der Waals surface area contributed by atoms with Gasteiger partial charge < -0.3 is 30.3 Å². The molecule has 0 fully saturated rings. The highest BCUT2D eigenvalue weighted by atomic mass is 19.1. The number of hydrogen-bond donors (Lipinski definition) is 5. The molecule has 0 bridgehead atoms. The van der Waals surface area contributed by atoms with Gasteiger partial charge in [0.25, 0.3) is 5.91 Å². The Morgan fingerprint density at radius 3 is 2.16 bits per heavy atom. The zero-order chi connectivity index (χ0) is 32.5. The summed E-state index contributed by atoms with van der Waals surface area (Å²) in [5, 5.41) is 42.1. The molecule has 8 nitrogen and oxygen atoms in total. The number of carbonyl (C=O) groups excluding carboxylic acids is 1. The van der Waals surface area contributed by atoms with E-state index in [2.05, 4.69) is 5.32 Å². The Balaban J connectivity index is 1.84. The molecular formula is C36H41FN2O6. The van der Waals surface area contributed by atoms with Gasteiger partial charge in [0, 0.05) is 30.1 Å². The highest BCUT2D eigenvalue weighted by Crippen LogP contribution is 2.42. The highest BCUT2D eigenvalue weighted by molar-refractivity contribution is 6.12. The summed E-state index contributed by atoms with van der Waals surface area (Å²) in [6.45, 7) is 4.32. The molecule has 4 aromatic rings. The third-order valence-electron chi connectivity index (χ3n) is 7.73. The first-order valence-electron chi connectivity index (χ1n) is 15.3. The third kappa shape index (κ3) is 8.66. The van der Waals surface area contributed by atoms with Crippen molar-refractivity contribution in [1.82, 2.24) is 4.57 Å². The number of amides is 1. The number of anilines is 1. The van der Waals surface area contributed by atoms with Gasteiger partial charge in [-0.3, -0.25) is 9.59 Å². The first-order valence-corrected chi connectivity index (χ1v) is 15.3. The fourth-order valence-electron chi connectivity index (χ4n) is 5.72. The van der Waals surface area contributed by atoms with Crippen LogP contribution in [0.4, 0.5) is 10.1 Å². The molecule has 1 amide bonds. The first kappa shape index (κ1) is 33.6. The maximum absolute atomic E-state index is 14.3. The molecule has 4 rings (SSSR count). The number of carbonyl (C=O) groups is 2. The van der Waals surface area contributed by atoms with Crippen LogP contribution in [0.15, 0.2) is 78.9 Å². The molecule has 1 aromatic heterocycles. The molecule has 0 aliphatic carbocycles. The molecule has 0 unspecified atom stereocenters. The fraction of sp³-hybridized carbons (Fsp3) is 0.333. The van der Waals surface area contributed by atoms with E-state index in [0.717, 1.165) is 23.2 Å². The minimum absolute atomic E-state index is 0.103. The van der Waals surface area contributed by atoms with E-state index in [1.54, 1.807) is 12.1 Å². The van der Waals surface area contributed by atoms with Crippen LogP contribution in [0.3, 0.4) is 0 Å². The number of hydrogen-bond acceptors (Lipinski definition) is 5. The second-order valence-electron chi connectivity index (χ2n) is 11.6. The predicted octanol–water partition coefficient (Wildman–Crippen LogP) is 6.24. The van der Waals surface area contributed by atoms with Crippen LogP contribution in [0.25, 0.3) is 22.4 Å². The summed E-state index contributed by atoms with van der Waals surface area (Å²) in [5.41, 5.74) is 5.68. The summed E-state index contributed by atoms with van der Waals surface area (Å²) in [6.07, 6.45) is -1.21. The molecule has 1 heterocycles. The van der Waals surface area contributed by atoms with Gasteiger partial charge in [0.2, 0.25) is 0 Å². The molecule has 0 aliphatic heterocycles. The Morgan fingerprint density at radius 1 is 0.889 bits per heavy atom. The molecule has 0 radical (unpaired) electrons. The van der Waals surface area contributed by atoms with E-state index < -0.39 is 30.4 Å². The molecule has 238 valence electrons. The molecule has 0 aliphatic rings. The SMILES string of the molecule is CC(C)c1c(C(=O)Nc2ccc(CCCO)cc2)c(-c2ccccc2)c(-c2ccc(F)cc2)n1CC[C@@H](O)C[C@@H](O)CC(=O)O. The Hall–Kier alpha value is -4.31. The molecule has 2 atom stereocenters. The molecule has 5 N–H and O–H groups in total. The van der Waals surface area contributed by atoms with E-state index in [-0.39, 0.29) is 37.8 Å². The number of aliphatic carboxylic acids is 1. The van der Waals surface area contributed by atoms with Crippen LogP contribution in [-0.4, -0.2) is 55.7 Å². The van der Waals surface area contributed by atoms with Gasteiger partial charge in [-0.2, -0.15) is 0 Å². The number of carboxylic acid groups (broad SMARTS) is 1. The van der Waals surface area contributed by atoms with E-state index in [1.165, 1.54) is 12.1 Å². The largest absolute Gasteiger partial charge is 0.481 e. The van der Waals surface area contributed by atoms with Gasteiger partial charge >= 0.3 is 5.97 Å². The molecular weight excluding hydrogens is 575 g/mol. The molecule has 3 aromatic carbocycles. The van der Waals surface area contributed by atoms with Gasteiger partial charge in [-0.25, -0.2) is 4.39 Å². The number of aliphatic hydroxyl groups excluding tert-OH is 3. The lowest BCUT2D eigenvalue weighted by molar-refractivity contribution is -0.139. The second-order valence-corrected chi connectivity index (χ2v) is 11.6. The van der Waals surface area contributed by atoms with Crippen molar-refractivity contribution >= 4 is 17.6 Å². The van der Waals surface area contributed by atoms with Crippen LogP contribution in [0, 0.1) is 5.82 Å². The Bertz CT molecular complexity index is 1570. The van der Waals surface area contributed by atoms with Gasteiger partial charge in [-0.1, -0.05) is 56.3 Å². The normalized spacial score (nSPS) is 12.7. The Morgan fingerprint density at radius 2 is 1.56 bits per heavy atom. The molecule has 0 spiro atoms. The molecule has 0 saturated heterocycles. The van der Waals surface area contributed by atoms with Crippen molar-refractivity contribution in [2.24, 2.45) is 0 Å². The van der Waals surface area contributed by atoms with Crippen molar-refractivity contribution in [2.45, 2.75) is 70.6 Å². The highest BCUT2D eigenvalue weighted by Gasteiger charge is 2.31. The number of aliphatic hydroxyl groups is 3. The number of aromatic nitrogens is 1.